The summed E-state index contributed by atoms with van der Waals surface area (Å²) in [5.74, 6) is 1.05. The average Bonchev–Trinajstić information content (AvgIpc) is 3.09. The van der Waals surface area contributed by atoms with Crippen LogP contribution < -0.4 is 10.2 Å². The molecule has 5 heteroatoms. The van der Waals surface area contributed by atoms with Crippen molar-refractivity contribution in [3.05, 3.63) is 59.9 Å². The molecule has 0 spiro atoms. The van der Waals surface area contributed by atoms with Crippen molar-refractivity contribution < 1.29 is 4.74 Å². The number of aromatic nitrogens is 2. The van der Waals surface area contributed by atoms with Gasteiger partial charge in [0.1, 0.15) is 5.82 Å². The van der Waals surface area contributed by atoms with E-state index in [0.29, 0.717) is 0 Å². The van der Waals surface area contributed by atoms with Gasteiger partial charge in [-0.1, -0.05) is 24.3 Å². The van der Waals surface area contributed by atoms with E-state index in [1.165, 1.54) is 16.5 Å². The molecule has 3 heterocycles. The number of pyridine rings is 1. The first kappa shape index (κ1) is 16.1. The van der Waals surface area contributed by atoms with E-state index in [4.69, 9.17) is 9.72 Å². The molecular weight excluding hydrogens is 312 g/mol. The first-order chi connectivity index (χ1) is 12.4. The summed E-state index contributed by atoms with van der Waals surface area (Å²) >= 11 is 0. The molecule has 25 heavy (non-hydrogen) atoms. The summed E-state index contributed by atoms with van der Waals surface area (Å²) in [5.41, 5.74) is 3.65. The summed E-state index contributed by atoms with van der Waals surface area (Å²) in [6, 6.07) is 14.7. The van der Waals surface area contributed by atoms with Crippen LogP contribution in [0.15, 0.2) is 48.7 Å². The second-order valence-electron chi connectivity index (χ2n) is 6.37. The number of morpholine rings is 1. The number of anilines is 1. The molecule has 2 N–H and O–H groups in total. The van der Waals surface area contributed by atoms with Crippen LogP contribution in [0.5, 0.6) is 0 Å². The van der Waals surface area contributed by atoms with Gasteiger partial charge >= 0.3 is 0 Å². The van der Waals surface area contributed by atoms with Crippen molar-refractivity contribution in [2.24, 2.45) is 0 Å². The third-order valence-electron chi connectivity index (χ3n) is 4.68. The maximum Gasteiger partial charge on any atom is 0.129 e. The van der Waals surface area contributed by atoms with Crippen molar-refractivity contribution >= 4 is 16.7 Å². The average molecular weight is 336 g/mol. The minimum atomic E-state index is 0.786. The van der Waals surface area contributed by atoms with Gasteiger partial charge in [0, 0.05) is 36.7 Å². The highest BCUT2D eigenvalue weighted by molar-refractivity contribution is 5.83. The van der Waals surface area contributed by atoms with Gasteiger partial charge in [-0.15, -0.1) is 0 Å². The Bertz CT molecular complexity index is 823. The van der Waals surface area contributed by atoms with E-state index in [2.05, 4.69) is 63.9 Å². The van der Waals surface area contributed by atoms with E-state index in [-0.39, 0.29) is 0 Å². The van der Waals surface area contributed by atoms with Gasteiger partial charge in [-0.05, 0) is 36.7 Å². The van der Waals surface area contributed by atoms with Gasteiger partial charge in [0.15, 0.2) is 0 Å². The summed E-state index contributed by atoms with van der Waals surface area (Å²) in [6.45, 7) is 5.14. The molecule has 2 aromatic heterocycles. The zero-order chi connectivity index (χ0) is 16.9. The van der Waals surface area contributed by atoms with Crippen LogP contribution in [0.3, 0.4) is 0 Å². The van der Waals surface area contributed by atoms with Crippen molar-refractivity contribution in [3.63, 3.8) is 0 Å². The number of ether oxygens (including phenoxy) is 1. The molecule has 1 fully saturated rings. The third-order valence-corrected chi connectivity index (χ3v) is 4.68. The Kier molecular flexibility index (Phi) is 4.95. The lowest BCUT2D eigenvalue weighted by atomic mass is 10.1. The monoisotopic (exact) mass is 336 g/mol. The molecule has 1 aliphatic rings. The van der Waals surface area contributed by atoms with E-state index in [1.807, 2.05) is 0 Å². The molecule has 1 aliphatic heterocycles. The topological polar surface area (TPSA) is 53.2 Å². The van der Waals surface area contributed by atoms with Gasteiger partial charge in [0.2, 0.25) is 0 Å². The van der Waals surface area contributed by atoms with Crippen LogP contribution in [0.4, 0.5) is 5.82 Å². The van der Waals surface area contributed by atoms with Gasteiger partial charge in [-0.2, -0.15) is 0 Å². The van der Waals surface area contributed by atoms with E-state index in [9.17, 15) is 0 Å². The number of hydrogen-bond donors (Lipinski definition) is 2. The smallest absolute Gasteiger partial charge is 0.129 e. The number of rotatable bonds is 6. The lowest BCUT2D eigenvalue weighted by molar-refractivity contribution is 0.122. The molecule has 1 saturated heterocycles. The van der Waals surface area contributed by atoms with Gasteiger partial charge in [0.05, 0.1) is 18.9 Å². The summed E-state index contributed by atoms with van der Waals surface area (Å²) in [6.07, 6.45) is 3.12. The van der Waals surface area contributed by atoms with Gasteiger partial charge in [-0.3, -0.25) is 0 Å². The van der Waals surface area contributed by atoms with Crippen molar-refractivity contribution in [1.29, 1.82) is 0 Å². The normalized spacial score (nSPS) is 15.0. The van der Waals surface area contributed by atoms with Crippen molar-refractivity contribution in [1.82, 2.24) is 15.3 Å². The second kappa shape index (κ2) is 7.68. The Hall–Kier alpha value is -2.37. The molecule has 0 saturated carbocycles. The summed E-state index contributed by atoms with van der Waals surface area (Å²) in [7, 11) is 0. The van der Waals surface area contributed by atoms with Crippen molar-refractivity contribution in [3.8, 4) is 0 Å². The number of para-hydroxylation sites is 1. The highest BCUT2D eigenvalue weighted by Crippen LogP contribution is 2.18. The first-order valence-electron chi connectivity index (χ1n) is 8.94. The Morgan fingerprint density at radius 1 is 1.08 bits per heavy atom. The molecule has 0 amide bonds. The van der Waals surface area contributed by atoms with Crippen LogP contribution in [0.25, 0.3) is 10.9 Å². The summed E-state index contributed by atoms with van der Waals surface area (Å²) in [4.78, 5) is 10.4. The fourth-order valence-electron chi connectivity index (χ4n) is 3.31. The van der Waals surface area contributed by atoms with Gasteiger partial charge < -0.3 is 19.9 Å². The maximum absolute atomic E-state index is 5.41. The number of H-pyrrole nitrogens is 1. The van der Waals surface area contributed by atoms with E-state index < -0.39 is 0 Å². The van der Waals surface area contributed by atoms with Gasteiger partial charge in [0.25, 0.3) is 0 Å². The first-order valence-corrected chi connectivity index (χ1v) is 8.94. The zero-order valence-electron chi connectivity index (χ0n) is 14.4. The Morgan fingerprint density at radius 2 is 1.96 bits per heavy atom. The van der Waals surface area contributed by atoms with E-state index in [1.54, 1.807) is 0 Å². The highest BCUT2D eigenvalue weighted by Gasteiger charge is 2.12. The number of nitrogens with one attached hydrogen (secondary N) is 2. The van der Waals surface area contributed by atoms with Crippen molar-refractivity contribution in [2.45, 2.75) is 13.0 Å². The number of nitrogens with zero attached hydrogens (tertiary/aromatic N) is 2. The minimum Gasteiger partial charge on any atom is -0.378 e. The number of hydrogen-bond acceptors (Lipinski definition) is 4. The predicted octanol–water partition coefficient (Wildman–Crippen LogP) is 2.73. The largest absolute Gasteiger partial charge is 0.378 e. The fraction of sp³-hybridized carbons (Fsp3) is 0.350. The van der Waals surface area contributed by atoms with Crippen LogP contribution in [-0.4, -0.2) is 42.8 Å². The molecule has 1 aromatic carbocycles. The van der Waals surface area contributed by atoms with E-state index in [0.717, 1.165) is 57.3 Å². The third kappa shape index (κ3) is 3.83. The lowest BCUT2D eigenvalue weighted by Gasteiger charge is -2.28. The maximum atomic E-state index is 5.41. The molecular formula is C20H24N4O. The molecule has 0 aliphatic carbocycles. The predicted molar refractivity (Wildman–Crippen MR) is 101 cm³/mol. The van der Waals surface area contributed by atoms with Crippen LogP contribution in [0.2, 0.25) is 0 Å². The molecule has 0 unspecified atom stereocenters. The summed E-state index contributed by atoms with van der Waals surface area (Å²) in [5, 5.41) is 4.83. The number of aromatic amines is 1. The Balaban J connectivity index is 1.31. The molecule has 4 rings (SSSR count). The van der Waals surface area contributed by atoms with Crippen LogP contribution in [-0.2, 0) is 17.7 Å². The molecule has 5 nitrogen and oxygen atoms in total. The lowest BCUT2D eigenvalue weighted by Crippen LogP contribution is -2.36. The second-order valence-corrected chi connectivity index (χ2v) is 6.37. The molecule has 130 valence electrons. The molecule has 0 bridgehead atoms. The SMILES string of the molecule is c1cc(CNCCc2c[nH]c3ccccc23)nc(N2CCOCC2)c1. The molecule has 0 atom stereocenters. The minimum absolute atomic E-state index is 0.786. The number of benzene rings is 1. The van der Waals surface area contributed by atoms with Crippen LogP contribution >= 0.6 is 0 Å². The molecule has 0 radical (unpaired) electrons. The highest BCUT2D eigenvalue weighted by atomic mass is 16.5. The quantitative estimate of drug-likeness (QED) is 0.680. The zero-order valence-corrected chi connectivity index (χ0v) is 14.4. The van der Waals surface area contributed by atoms with Crippen LogP contribution in [0, 0.1) is 0 Å². The Labute approximate surface area is 148 Å². The van der Waals surface area contributed by atoms with Gasteiger partial charge in [-0.25, -0.2) is 4.98 Å². The van der Waals surface area contributed by atoms with E-state index >= 15 is 0 Å². The number of fused-ring (bicyclic) bond motifs is 1. The summed E-state index contributed by atoms with van der Waals surface area (Å²) < 4.78 is 5.41. The fourth-order valence-corrected chi connectivity index (χ4v) is 3.31. The van der Waals surface area contributed by atoms with Crippen LogP contribution in [0.1, 0.15) is 11.3 Å². The molecule has 3 aromatic rings. The van der Waals surface area contributed by atoms with Crippen molar-refractivity contribution in [2.75, 3.05) is 37.7 Å². The Morgan fingerprint density at radius 3 is 2.88 bits per heavy atom. The standard InChI is InChI=1S/C20H24N4O/c1-2-6-19-18(5-1)16(14-22-19)8-9-21-15-17-4-3-7-20(23-17)24-10-12-25-13-11-24/h1-7,14,21-22H,8-13,15H2.